The summed E-state index contributed by atoms with van der Waals surface area (Å²) >= 11 is 0. The summed E-state index contributed by atoms with van der Waals surface area (Å²) in [7, 11) is 0. The topological polar surface area (TPSA) is 163 Å². The van der Waals surface area contributed by atoms with Crippen LogP contribution in [0.2, 0.25) is 0 Å². The standard InChI is InChI=1S/C20H29N3O8/c1-20(2,3)31-19(29)21-9-16(26)22-14(10-24)17(27)23-15(11-25)18(28)30-12-13-7-5-4-6-8-13/h4-8,14-15,24-25H,9-12H2,1-3H3,(H,21,29)(H,22,26)(H,23,27)/t14-,15-/m0/s1. The number of amides is 3. The fourth-order valence-electron chi connectivity index (χ4n) is 2.19. The lowest BCUT2D eigenvalue weighted by Crippen LogP contribution is -2.55. The highest BCUT2D eigenvalue weighted by atomic mass is 16.6. The molecule has 1 aromatic rings. The molecule has 0 spiro atoms. The van der Waals surface area contributed by atoms with E-state index in [0.717, 1.165) is 5.56 Å². The van der Waals surface area contributed by atoms with E-state index in [1.807, 2.05) is 0 Å². The fourth-order valence-corrected chi connectivity index (χ4v) is 2.19. The second-order valence-corrected chi connectivity index (χ2v) is 7.50. The van der Waals surface area contributed by atoms with Gasteiger partial charge in [0.25, 0.3) is 0 Å². The van der Waals surface area contributed by atoms with Gasteiger partial charge in [-0.1, -0.05) is 30.3 Å². The minimum atomic E-state index is -1.41. The van der Waals surface area contributed by atoms with Gasteiger partial charge in [0.1, 0.15) is 24.8 Å². The van der Waals surface area contributed by atoms with E-state index >= 15 is 0 Å². The molecule has 0 aliphatic heterocycles. The molecule has 11 heteroatoms. The summed E-state index contributed by atoms with van der Waals surface area (Å²) in [4.78, 5) is 47.8. The first-order valence-electron chi connectivity index (χ1n) is 9.54. The van der Waals surface area contributed by atoms with Crippen molar-refractivity contribution in [3.05, 3.63) is 35.9 Å². The molecule has 3 amide bonds. The molecule has 0 aromatic heterocycles. The molecule has 0 bridgehead atoms. The Bertz CT molecular complexity index is 749. The van der Waals surface area contributed by atoms with Crippen LogP contribution in [0.5, 0.6) is 0 Å². The lowest BCUT2D eigenvalue weighted by molar-refractivity contribution is -0.150. The predicted octanol–water partition coefficient (Wildman–Crippen LogP) is -0.791. The lowest BCUT2D eigenvalue weighted by atomic mass is 10.2. The van der Waals surface area contributed by atoms with Gasteiger partial charge in [-0.3, -0.25) is 9.59 Å². The van der Waals surface area contributed by atoms with E-state index < -0.39 is 61.3 Å². The Morgan fingerprint density at radius 2 is 1.58 bits per heavy atom. The third-order valence-corrected chi connectivity index (χ3v) is 3.63. The first kappa shape index (κ1) is 25.9. The van der Waals surface area contributed by atoms with Gasteiger partial charge in [-0.15, -0.1) is 0 Å². The second kappa shape index (κ2) is 12.5. The quantitative estimate of drug-likeness (QED) is 0.296. The number of carbonyl (C=O) groups excluding carboxylic acids is 4. The van der Waals surface area contributed by atoms with Crippen molar-refractivity contribution in [3.63, 3.8) is 0 Å². The Morgan fingerprint density at radius 3 is 2.13 bits per heavy atom. The van der Waals surface area contributed by atoms with Crippen molar-refractivity contribution < 1.29 is 38.9 Å². The van der Waals surface area contributed by atoms with Crippen LogP contribution in [0, 0.1) is 0 Å². The molecule has 172 valence electrons. The van der Waals surface area contributed by atoms with Crippen molar-refractivity contribution in [1.29, 1.82) is 0 Å². The summed E-state index contributed by atoms with van der Waals surface area (Å²) in [6.45, 7) is 2.89. The average molecular weight is 439 g/mol. The lowest BCUT2D eigenvalue weighted by Gasteiger charge is -2.21. The fraction of sp³-hybridized carbons (Fsp3) is 0.500. The maximum absolute atomic E-state index is 12.3. The summed E-state index contributed by atoms with van der Waals surface area (Å²) in [6.07, 6.45) is -0.825. The third kappa shape index (κ3) is 10.4. The Kier molecular flexibility index (Phi) is 10.4. The van der Waals surface area contributed by atoms with Crippen LogP contribution in [0.4, 0.5) is 4.79 Å². The Balaban J connectivity index is 2.52. The summed E-state index contributed by atoms with van der Waals surface area (Å²) in [5, 5.41) is 25.4. The minimum absolute atomic E-state index is 0.0530. The van der Waals surface area contributed by atoms with Gasteiger partial charge in [0, 0.05) is 0 Å². The average Bonchev–Trinajstić information content (AvgIpc) is 2.71. The molecule has 0 unspecified atom stereocenters. The van der Waals surface area contributed by atoms with E-state index in [2.05, 4.69) is 16.0 Å². The van der Waals surface area contributed by atoms with Crippen LogP contribution in [0.25, 0.3) is 0 Å². The number of esters is 1. The molecule has 0 fully saturated rings. The molecule has 31 heavy (non-hydrogen) atoms. The molecule has 0 aliphatic carbocycles. The number of aliphatic hydroxyl groups excluding tert-OH is 2. The molecular weight excluding hydrogens is 410 g/mol. The molecule has 0 saturated carbocycles. The number of hydrogen-bond acceptors (Lipinski definition) is 8. The molecular formula is C20H29N3O8. The van der Waals surface area contributed by atoms with Crippen LogP contribution in [-0.2, 0) is 30.5 Å². The van der Waals surface area contributed by atoms with E-state index in [9.17, 15) is 29.4 Å². The normalized spacial score (nSPS) is 12.8. The molecule has 0 heterocycles. The van der Waals surface area contributed by atoms with Gasteiger partial charge < -0.3 is 35.6 Å². The van der Waals surface area contributed by atoms with E-state index in [1.165, 1.54) is 0 Å². The highest BCUT2D eigenvalue weighted by Crippen LogP contribution is 2.06. The number of rotatable bonds is 10. The van der Waals surface area contributed by atoms with Crippen molar-refractivity contribution in [1.82, 2.24) is 16.0 Å². The zero-order chi connectivity index (χ0) is 23.4. The molecule has 2 atom stereocenters. The van der Waals surface area contributed by atoms with Crippen LogP contribution in [0.15, 0.2) is 30.3 Å². The van der Waals surface area contributed by atoms with Gasteiger partial charge in [0.05, 0.1) is 13.2 Å². The predicted molar refractivity (Wildman–Crippen MR) is 109 cm³/mol. The summed E-state index contributed by atoms with van der Waals surface area (Å²) < 4.78 is 10.0. The van der Waals surface area contributed by atoms with Gasteiger partial charge in [-0.2, -0.15) is 0 Å². The van der Waals surface area contributed by atoms with Gasteiger partial charge >= 0.3 is 12.1 Å². The number of ether oxygens (including phenoxy) is 2. The van der Waals surface area contributed by atoms with Crippen molar-refractivity contribution in [2.24, 2.45) is 0 Å². The minimum Gasteiger partial charge on any atom is -0.459 e. The summed E-state index contributed by atoms with van der Waals surface area (Å²) in [5.41, 5.74) is -0.0282. The summed E-state index contributed by atoms with van der Waals surface area (Å²) in [6, 6.07) is 6.01. The molecule has 1 rings (SSSR count). The van der Waals surface area contributed by atoms with Gasteiger partial charge in [-0.25, -0.2) is 9.59 Å². The molecule has 0 radical (unpaired) electrons. The van der Waals surface area contributed by atoms with E-state index in [4.69, 9.17) is 9.47 Å². The van der Waals surface area contributed by atoms with E-state index in [1.54, 1.807) is 51.1 Å². The number of nitrogens with one attached hydrogen (secondary N) is 3. The zero-order valence-corrected chi connectivity index (χ0v) is 17.7. The largest absolute Gasteiger partial charge is 0.459 e. The van der Waals surface area contributed by atoms with Crippen molar-refractivity contribution in [2.75, 3.05) is 19.8 Å². The van der Waals surface area contributed by atoms with E-state index in [-0.39, 0.29) is 6.61 Å². The third-order valence-electron chi connectivity index (χ3n) is 3.63. The number of carbonyl (C=O) groups is 4. The van der Waals surface area contributed by atoms with Crippen LogP contribution < -0.4 is 16.0 Å². The maximum atomic E-state index is 12.3. The van der Waals surface area contributed by atoms with Crippen molar-refractivity contribution in [2.45, 2.75) is 45.1 Å². The molecule has 0 saturated heterocycles. The monoisotopic (exact) mass is 439 g/mol. The van der Waals surface area contributed by atoms with Crippen molar-refractivity contribution >= 4 is 23.9 Å². The molecule has 0 aliphatic rings. The Labute approximate surface area is 180 Å². The number of hydrogen-bond donors (Lipinski definition) is 5. The highest BCUT2D eigenvalue weighted by molar-refractivity contribution is 5.91. The highest BCUT2D eigenvalue weighted by Gasteiger charge is 2.27. The van der Waals surface area contributed by atoms with Gasteiger partial charge in [0.2, 0.25) is 11.8 Å². The van der Waals surface area contributed by atoms with Crippen molar-refractivity contribution in [3.8, 4) is 0 Å². The maximum Gasteiger partial charge on any atom is 0.408 e. The first-order chi connectivity index (χ1) is 14.6. The number of alkyl carbamates (subject to hydrolysis) is 1. The Hall–Kier alpha value is -3.18. The zero-order valence-electron chi connectivity index (χ0n) is 17.7. The van der Waals surface area contributed by atoms with Gasteiger partial charge in [0.15, 0.2) is 6.04 Å². The Morgan fingerprint density at radius 1 is 0.968 bits per heavy atom. The van der Waals surface area contributed by atoms with Gasteiger partial charge in [-0.05, 0) is 26.3 Å². The van der Waals surface area contributed by atoms with Crippen LogP contribution in [0.3, 0.4) is 0 Å². The SMILES string of the molecule is CC(C)(C)OC(=O)NCC(=O)N[C@@H](CO)C(=O)N[C@@H](CO)C(=O)OCc1ccccc1. The van der Waals surface area contributed by atoms with Crippen LogP contribution >= 0.6 is 0 Å². The van der Waals surface area contributed by atoms with Crippen LogP contribution in [-0.4, -0.2) is 71.5 Å². The van der Waals surface area contributed by atoms with E-state index in [0.29, 0.717) is 0 Å². The molecule has 5 N–H and O–H groups in total. The number of aliphatic hydroxyl groups is 2. The van der Waals surface area contributed by atoms with Crippen LogP contribution in [0.1, 0.15) is 26.3 Å². The second-order valence-electron chi connectivity index (χ2n) is 7.50. The first-order valence-corrected chi connectivity index (χ1v) is 9.54. The smallest absolute Gasteiger partial charge is 0.408 e. The summed E-state index contributed by atoms with van der Waals surface area (Å²) in [5.74, 6) is -2.56. The number of benzene rings is 1. The molecule has 11 nitrogen and oxygen atoms in total. The molecule has 1 aromatic carbocycles.